The van der Waals surface area contributed by atoms with Gasteiger partial charge in [0, 0.05) is 13.1 Å². The standard InChI is InChI=1S/C12H15FN2O2/c13-11-4-2-1-3-10(11)12(16)15-7-5-9(17-14)6-8-15/h1-4,9H,5-8,14H2. The number of halogens is 1. The zero-order valence-electron chi connectivity index (χ0n) is 9.43. The number of rotatable bonds is 2. The number of nitrogens with two attached hydrogens (primary N) is 1. The predicted molar refractivity (Wildman–Crippen MR) is 60.6 cm³/mol. The summed E-state index contributed by atoms with van der Waals surface area (Å²) in [5, 5.41) is 0. The number of carbonyl (C=O) groups is 1. The molecule has 0 aliphatic carbocycles. The van der Waals surface area contributed by atoms with E-state index in [4.69, 9.17) is 10.7 Å². The van der Waals surface area contributed by atoms with Crippen LogP contribution in [0.1, 0.15) is 23.2 Å². The van der Waals surface area contributed by atoms with Gasteiger partial charge >= 0.3 is 0 Å². The smallest absolute Gasteiger partial charge is 0.256 e. The second-order valence-electron chi connectivity index (χ2n) is 4.11. The molecule has 2 rings (SSSR count). The fourth-order valence-corrected chi connectivity index (χ4v) is 2.00. The van der Waals surface area contributed by atoms with Gasteiger partial charge in [0.2, 0.25) is 0 Å². The van der Waals surface area contributed by atoms with Crippen LogP contribution in [0.3, 0.4) is 0 Å². The minimum Gasteiger partial charge on any atom is -0.338 e. The van der Waals surface area contributed by atoms with Crippen LogP contribution in [0.5, 0.6) is 0 Å². The third kappa shape index (κ3) is 2.62. The molecule has 4 nitrogen and oxygen atoms in total. The van der Waals surface area contributed by atoms with Gasteiger partial charge in [0.25, 0.3) is 5.91 Å². The van der Waals surface area contributed by atoms with E-state index in [2.05, 4.69) is 0 Å². The van der Waals surface area contributed by atoms with Gasteiger partial charge in [-0.1, -0.05) is 12.1 Å². The average molecular weight is 238 g/mol. The maximum Gasteiger partial charge on any atom is 0.256 e. The van der Waals surface area contributed by atoms with Crippen molar-refractivity contribution in [1.29, 1.82) is 0 Å². The lowest BCUT2D eigenvalue weighted by molar-refractivity contribution is 0.00770. The second-order valence-corrected chi connectivity index (χ2v) is 4.11. The molecule has 0 unspecified atom stereocenters. The van der Waals surface area contributed by atoms with Crippen molar-refractivity contribution in [2.24, 2.45) is 5.90 Å². The van der Waals surface area contributed by atoms with Crippen molar-refractivity contribution < 1.29 is 14.0 Å². The molecule has 1 aromatic carbocycles. The van der Waals surface area contributed by atoms with Crippen molar-refractivity contribution >= 4 is 5.91 Å². The van der Waals surface area contributed by atoms with Crippen molar-refractivity contribution in [1.82, 2.24) is 4.90 Å². The summed E-state index contributed by atoms with van der Waals surface area (Å²) < 4.78 is 13.4. The zero-order chi connectivity index (χ0) is 12.3. The van der Waals surface area contributed by atoms with Crippen LogP contribution >= 0.6 is 0 Å². The Bertz CT molecular complexity index is 403. The van der Waals surface area contributed by atoms with Crippen molar-refractivity contribution in [2.75, 3.05) is 13.1 Å². The maximum absolute atomic E-state index is 13.4. The van der Waals surface area contributed by atoms with E-state index in [1.807, 2.05) is 0 Å². The molecule has 2 N–H and O–H groups in total. The Morgan fingerprint density at radius 3 is 2.59 bits per heavy atom. The Kier molecular flexibility index (Phi) is 3.71. The molecule has 17 heavy (non-hydrogen) atoms. The SMILES string of the molecule is NOC1CCN(C(=O)c2ccccc2F)CC1. The second kappa shape index (κ2) is 5.25. The first kappa shape index (κ1) is 12.0. The molecule has 92 valence electrons. The van der Waals surface area contributed by atoms with E-state index in [1.165, 1.54) is 12.1 Å². The van der Waals surface area contributed by atoms with E-state index < -0.39 is 5.82 Å². The van der Waals surface area contributed by atoms with Gasteiger partial charge in [-0.05, 0) is 25.0 Å². The number of carbonyl (C=O) groups excluding carboxylic acids is 1. The number of hydrogen-bond acceptors (Lipinski definition) is 3. The monoisotopic (exact) mass is 238 g/mol. The van der Waals surface area contributed by atoms with E-state index in [9.17, 15) is 9.18 Å². The molecule has 0 radical (unpaired) electrons. The highest BCUT2D eigenvalue weighted by atomic mass is 19.1. The van der Waals surface area contributed by atoms with Gasteiger partial charge in [0.05, 0.1) is 11.7 Å². The first-order valence-electron chi connectivity index (χ1n) is 5.61. The Balaban J connectivity index is 2.04. The molecule has 1 saturated heterocycles. The van der Waals surface area contributed by atoms with Gasteiger partial charge in [0.15, 0.2) is 0 Å². The van der Waals surface area contributed by atoms with Crippen molar-refractivity contribution in [3.8, 4) is 0 Å². The lowest BCUT2D eigenvalue weighted by atomic mass is 10.1. The molecule has 1 amide bonds. The topological polar surface area (TPSA) is 55.6 Å². The maximum atomic E-state index is 13.4. The normalized spacial score (nSPS) is 17.2. The van der Waals surface area contributed by atoms with Gasteiger partial charge in [-0.25, -0.2) is 10.3 Å². The number of nitrogens with zero attached hydrogens (tertiary/aromatic N) is 1. The summed E-state index contributed by atoms with van der Waals surface area (Å²) in [5.41, 5.74) is 0.125. The number of amides is 1. The van der Waals surface area contributed by atoms with Gasteiger partial charge in [-0.3, -0.25) is 4.79 Å². The van der Waals surface area contributed by atoms with E-state index >= 15 is 0 Å². The van der Waals surface area contributed by atoms with E-state index in [0.29, 0.717) is 25.9 Å². The summed E-state index contributed by atoms with van der Waals surface area (Å²) in [6, 6.07) is 6.03. The summed E-state index contributed by atoms with van der Waals surface area (Å²) >= 11 is 0. The first-order valence-corrected chi connectivity index (χ1v) is 5.61. The predicted octanol–water partition coefficient (Wildman–Crippen LogP) is 1.32. The van der Waals surface area contributed by atoms with Crippen LogP contribution in [0.4, 0.5) is 4.39 Å². The number of likely N-dealkylation sites (tertiary alicyclic amines) is 1. The number of piperidine rings is 1. The fraction of sp³-hybridized carbons (Fsp3) is 0.417. The molecule has 0 aromatic heterocycles. The third-order valence-electron chi connectivity index (χ3n) is 3.03. The fourth-order valence-electron chi connectivity index (χ4n) is 2.00. The van der Waals surface area contributed by atoms with Crippen LogP contribution in [-0.2, 0) is 4.84 Å². The summed E-state index contributed by atoms with van der Waals surface area (Å²) in [5.74, 6) is 4.35. The molecule has 1 aliphatic rings. The van der Waals surface area contributed by atoms with E-state index in [1.54, 1.807) is 17.0 Å². The van der Waals surface area contributed by atoms with Gasteiger partial charge in [-0.2, -0.15) is 0 Å². The van der Waals surface area contributed by atoms with Crippen molar-refractivity contribution in [3.63, 3.8) is 0 Å². The van der Waals surface area contributed by atoms with Crippen molar-refractivity contribution in [3.05, 3.63) is 35.6 Å². The molecular weight excluding hydrogens is 223 g/mol. The molecule has 1 aliphatic heterocycles. The van der Waals surface area contributed by atoms with Crippen molar-refractivity contribution in [2.45, 2.75) is 18.9 Å². The average Bonchev–Trinajstić information content (AvgIpc) is 2.39. The lowest BCUT2D eigenvalue weighted by Crippen LogP contribution is -2.41. The Morgan fingerprint density at radius 2 is 2.00 bits per heavy atom. The molecule has 0 spiro atoms. The highest BCUT2D eigenvalue weighted by Gasteiger charge is 2.25. The summed E-state index contributed by atoms with van der Waals surface area (Å²) in [4.78, 5) is 18.4. The minimum atomic E-state index is -0.477. The number of hydrogen-bond donors (Lipinski definition) is 1. The molecule has 0 atom stereocenters. The Labute approximate surface area is 99.1 Å². The summed E-state index contributed by atoms with van der Waals surface area (Å²) in [7, 11) is 0. The van der Waals surface area contributed by atoms with Crippen LogP contribution in [0.15, 0.2) is 24.3 Å². The van der Waals surface area contributed by atoms with Crippen LogP contribution in [0, 0.1) is 5.82 Å². The highest BCUT2D eigenvalue weighted by Crippen LogP contribution is 2.16. The molecule has 5 heteroatoms. The van der Waals surface area contributed by atoms with E-state index in [0.717, 1.165) is 0 Å². The minimum absolute atomic E-state index is 0.000305. The Hall–Kier alpha value is -1.46. The largest absolute Gasteiger partial charge is 0.338 e. The number of benzene rings is 1. The van der Waals surface area contributed by atoms with Crippen LogP contribution in [0.25, 0.3) is 0 Å². The van der Waals surface area contributed by atoms with Gasteiger partial charge < -0.3 is 9.74 Å². The Morgan fingerprint density at radius 1 is 1.35 bits per heavy atom. The molecule has 1 aromatic rings. The molecule has 0 saturated carbocycles. The first-order chi connectivity index (χ1) is 8.22. The van der Waals surface area contributed by atoms with Crippen LogP contribution < -0.4 is 5.90 Å². The third-order valence-corrected chi connectivity index (χ3v) is 3.03. The van der Waals surface area contributed by atoms with E-state index in [-0.39, 0.29) is 17.6 Å². The molecule has 1 heterocycles. The van der Waals surface area contributed by atoms with Gasteiger partial charge in [0.1, 0.15) is 5.82 Å². The van der Waals surface area contributed by atoms with Gasteiger partial charge in [-0.15, -0.1) is 0 Å². The molecule has 1 fully saturated rings. The molecule has 0 bridgehead atoms. The summed E-state index contributed by atoms with van der Waals surface area (Å²) in [6.07, 6.45) is 1.38. The van der Waals surface area contributed by atoms with Crippen LogP contribution in [0.2, 0.25) is 0 Å². The highest BCUT2D eigenvalue weighted by molar-refractivity contribution is 5.94. The molecular formula is C12H15FN2O2. The van der Waals surface area contributed by atoms with Crippen LogP contribution in [-0.4, -0.2) is 30.0 Å². The lowest BCUT2D eigenvalue weighted by Gasteiger charge is -2.30. The quantitative estimate of drug-likeness (QED) is 0.791. The zero-order valence-corrected chi connectivity index (χ0v) is 9.43. The summed E-state index contributed by atoms with van der Waals surface area (Å²) in [6.45, 7) is 1.10.